The van der Waals surface area contributed by atoms with Crippen LogP contribution in [0, 0.1) is 4.77 Å². The van der Waals surface area contributed by atoms with E-state index in [4.69, 9.17) is 12.2 Å². The van der Waals surface area contributed by atoms with Crippen LogP contribution in [0.25, 0.3) is 11.4 Å². The summed E-state index contributed by atoms with van der Waals surface area (Å²) in [6.45, 7) is 3.39. The van der Waals surface area contributed by atoms with Crippen molar-refractivity contribution in [3.8, 4) is 11.4 Å². The van der Waals surface area contributed by atoms with E-state index in [0.29, 0.717) is 11.3 Å². The van der Waals surface area contributed by atoms with E-state index in [9.17, 15) is 0 Å². The van der Waals surface area contributed by atoms with Gasteiger partial charge in [0.1, 0.15) is 6.33 Å². The van der Waals surface area contributed by atoms with Gasteiger partial charge in [-0.1, -0.05) is 0 Å². The summed E-state index contributed by atoms with van der Waals surface area (Å²) in [7, 11) is 0. The number of aromatic amines is 1. The van der Waals surface area contributed by atoms with E-state index in [-0.39, 0.29) is 0 Å². The number of pyridine rings is 1. The van der Waals surface area contributed by atoms with Crippen LogP contribution < -0.4 is 0 Å². The van der Waals surface area contributed by atoms with E-state index in [0.717, 1.165) is 23.8 Å². The third kappa shape index (κ3) is 2.25. The molecule has 3 heterocycles. The molecular weight excluding hydrogens is 274 g/mol. The number of hydrogen-bond acceptors (Lipinski definition) is 5. The van der Waals surface area contributed by atoms with Crippen molar-refractivity contribution in [1.29, 1.82) is 0 Å². The van der Waals surface area contributed by atoms with Crippen molar-refractivity contribution in [3.05, 3.63) is 41.4 Å². The minimum absolute atomic E-state index is 0.529. The molecule has 0 amide bonds. The summed E-state index contributed by atoms with van der Waals surface area (Å²) in [5.74, 6) is 1.61. The van der Waals surface area contributed by atoms with Crippen LogP contribution >= 0.6 is 12.2 Å². The highest BCUT2D eigenvalue weighted by Gasteiger charge is 2.12. The third-order valence-electron chi connectivity index (χ3n) is 3.03. The van der Waals surface area contributed by atoms with E-state index in [1.807, 2.05) is 28.2 Å². The minimum Gasteiger partial charge on any atom is -0.316 e. The molecular formula is C12H13N7S. The van der Waals surface area contributed by atoms with Gasteiger partial charge in [-0.05, 0) is 31.3 Å². The number of aryl methyl sites for hydroxylation is 1. The van der Waals surface area contributed by atoms with Crippen molar-refractivity contribution in [3.63, 3.8) is 0 Å². The zero-order valence-corrected chi connectivity index (χ0v) is 11.7. The third-order valence-corrected chi connectivity index (χ3v) is 3.34. The second-order valence-electron chi connectivity index (χ2n) is 4.21. The topological polar surface area (TPSA) is 77.2 Å². The van der Waals surface area contributed by atoms with Gasteiger partial charge in [0.2, 0.25) is 0 Å². The smallest absolute Gasteiger partial charge is 0.195 e. The Labute approximate surface area is 120 Å². The molecule has 0 radical (unpaired) electrons. The zero-order valence-electron chi connectivity index (χ0n) is 10.9. The fourth-order valence-electron chi connectivity index (χ4n) is 1.99. The lowest BCUT2D eigenvalue weighted by Crippen LogP contribution is -2.09. The van der Waals surface area contributed by atoms with Crippen LogP contribution in [0.15, 0.2) is 30.9 Å². The van der Waals surface area contributed by atoms with Crippen LogP contribution in [-0.2, 0) is 13.1 Å². The molecule has 3 aromatic rings. The average molecular weight is 287 g/mol. The van der Waals surface area contributed by atoms with Crippen LogP contribution in [0.2, 0.25) is 0 Å². The van der Waals surface area contributed by atoms with Gasteiger partial charge in [-0.3, -0.25) is 14.6 Å². The first-order valence-corrected chi connectivity index (χ1v) is 6.62. The lowest BCUT2D eigenvalue weighted by Gasteiger charge is -2.07. The van der Waals surface area contributed by atoms with E-state index in [2.05, 4.69) is 25.4 Å². The van der Waals surface area contributed by atoms with Gasteiger partial charge in [-0.2, -0.15) is 5.10 Å². The number of nitrogens with one attached hydrogen (secondary N) is 1. The molecule has 0 unspecified atom stereocenters. The van der Waals surface area contributed by atoms with Crippen molar-refractivity contribution >= 4 is 12.2 Å². The highest BCUT2D eigenvalue weighted by molar-refractivity contribution is 7.71. The Morgan fingerprint density at radius 2 is 2.10 bits per heavy atom. The van der Waals surface area contributed by atoms with Crippen molar-refractivity contribution < 1.29 is 0 Å². The molecule has 0 aliphatic heterocycles. The molecule has 0 aromatic carbocycles. The van der Waals surface area contributed by atoms with Gasteiger partial charge in [-0.25, -0.2) is 0 Å². The van der Waals surface area contributed by atoms with Crippen molar-refractivity contribution in [2.24, 2.45) is 0 Å². The number of H-pyrrole nitrogens is 1. The van der Waals surface area contributed by atoms with E-state index in [1.165, 1.54) is 0 Å². The highest BCUT2D eigenvalue weighted by atomic mass is 32.1. The Bertz CT molecular complexity index is 755. The molecule has 0 fully saturated rings. The molecule has 8 heteroatoms. The summed E-state index contributed by atoms with van der Waals surface area (Å²) in [6.07, 6.45) is 5.17. The fraction of sp³-hybridized carbons (Fsp3) is 0.250. The first-order valence-electron chi connectivity index (χ1n) is 6.22. The average Bonchev–Trinajstić information content (AvgIpc) is 3.08. The van der Waals surface area contributed by atoms with Crippen LogP contribution in [-0.4, -0.2) is 34.5 Å². The van der Waals surface area contributed by atoms with Crippen LogP contribution in [0.4, 0.5) is 0 Å². The lowest BCUT2D eigenvalue weighted by atomic mass is 10.2. The van der Waals surface area contributed by atoms with Gasteiger partial charge in [0.05, 0.1) is 6.54 Å². The van der Waals surface area contributed by atoms with E-state index < -0.39 is 0 Å². The van der Waals surface area contributed by atoms with Crippen LogP contribution in [0.3, 0.4) is 0 Å². The number of nitrogens with zero attached hydrogens (tertiary/aromatic N) is 6. The largest absolute Gasteiger partial charge is 0.316 e. The van der Waals surface area contributed by atoms with Gasteiger partial charge in [-0.15, -0.1) is 10.2 Å². The first-order chi connectivity index (χ1) is 9.79. The molecule has 0 atom stereocenters. The monoisotopic (exact) mass is 287 g/mol. The summed E-state index contributed by atoms with van der Waals surface area (Å²) < 4.78 is 4.44. The molecule has 20 heavy (non-hydrogen) atoms. The predicted molar refractivity (Wildman–Crippen MR) is 75.4 cm³/mol. The SMILES string of the molecule is CCn1cnnc1Cn1c(-c2ccncc2)n[nH]c1=S. The Hall–Kier alpha value is -2.35. The zero-order chi connectivity index (χ0) is 13.9. The van der Waals surface area contributed by atoms with Gasteiger partial charge in [0.15, 0.2) is 16.4 Å². The first kappa shape index (κ1) is 12.7. The second kappa shape index (κ2) is 5.33. The summed E-state index contributed by atoms with van der Waals surface area (Å²) in [6, 6.07) is 3.79. The summed E-state index contributed by atoms with van der Waals surface area (Å²) in [4.78, 5) is 4.01. The van der Waals surface area contributed by atoms with E-state index >= 15 is 0 Å². The van der Waals surface area contributed by atoms with Gasteiger partial charge >= 0.3 is 0 Å². The maximum absolute atomic E-state index is 5.30. The molecule has 0 saturated heterocycles. The lowest BCUT2D eigenvalue weighted by molar-refractivity contribution is 0.649. The second-order valence-corrected chi connectivity index (χ2v) is 4.59. The normalized spacial score (nSPS) is 10.8. The molecule has 0 bridgehead atoms. The van der Waals surface area contributed by atoms with Gasteiger partial charge in [0, 0.05) is 24.5 Å². The number of hydrogen-bond donors (Lipinski definition) is 1. The van der Waals surface area contributed by atoms with Crippen molar-refractivity contribution in [2.75, 3.05) is 0 Å². The van der Waals surface area contributed by atoms with Gasteiger partial charge in [0.25, 0.3) is 0 Å². The predicted octanol–water partition coefficient (Wildman–Crippen LogP) is 1.66. The highest BCUT2D eigenvalue weighted by Crippen LogP contribution is 2.16. The Morgan fingerprint density at radius 1 is 1.30 bits per heavy atom. The molecule has 1 N–H and O–H groups in total. The summed E-state index contributed by atoms with van der Waals surface area (Å²) >= 11 is 5.30. The number of aromatic nitrogens is 7. The van der Waals surface area contributed by atoms with Gasteiger partial charge < -0.3 is 4.57 Å². The Morgan fingerprint density at radius 3 is 2.85 bits per heavy atom. The minimum atomic E-state index is 0.529. The molecule has 3 rings (SSSR count). The quantitative estimate of drug-likeness (QED) is 0.738. The summed E-state index contributed by atoms with van der Waals surface area (Å²) in [5, 5.41) is 15.2. The maximum atomic E-state index is 5.30. The molecule has 0 aliphatic rings. The Kier molecular flexibility index (Phi) is 3.38. The molecule has 0 spiro atoms. The number of rotatable bonds is 4. The van der Waals surface area contributed by atoms with Crippen molar-refractivity contribution in [2.45, 2.75) is 20.0 Å². The molecule has 7 nitrogen and oxygen atoms in total. The van der Waals surface area contributed by atoms with Crippen molar-refractivity contribution in [1.82, 2.24) is 34.5 Å². The van der Waals surface area contributed by atoms with Crippen LogP contribution in [0.1, 0.15) is 12.7 Å². The molecule has 3 aromatic heterocycles. The van der Waals surface area contributed by atoms with Crippen LogP contribution in [0.5, 0.6) is 0 Å². The molecule has 0 aliphatic carbocycles. The summed E-state index contributed by atoms with van der Waals surface area (Å²) in [5.41, 5.74) is 0.954. The fourth-order valence-corrected chi connectivity index (χ4v) is 2.19. The van der Waals surface area contributed by atoms with E-state index in [1.54, 1.807) is 18.7 Å². The maximum Gasteiger partial charge on any atom is 0.195 e. The molecule has 0 saturated carbocycles. The standard InChI is InChI=1S/C12H13N7S/c1-2-18-8-14-15-10(18)7-19-11(16-17-12(19)20)9-3-5-13-6-4-9/h3-6,8H,2,7H2,1H3,(H,17,20). The molecule has 102 valence electrons. The Balaban J connectivity index is 2.02.